The summed E-state index contributed by atoms with van der Waals surface area (Å²) >= 11 is 1.69. The summed E-state index contributed by atoms with van der Waals surface area (Å²) in [7, 11) is -3.67. The lowest BCUT2D eigenvalue weighted by Crippen LogP contribution is -2.24. The molecule has 0 atom stereocenters. The lowest BCUT2D eigenvalue weighted by molar-refractivity contribution is 0.100. The van der Waals surface area contributed by atoms with Crippen LogP contribution < -0.4 is 11.5 Å². The smallest absolute Gasteiger partial charge is 0.280 e. The molecule has 2 rings (SSSR count). The van der Waals surface area contributed by atoms with Gasteiger partial charge in [0.05, 0.1) is 12.3 Å². The van der Waals surface area contributed by atoms with Crippen molar-refractivity contribution in [3.05, 3.63) is 41.0 Å². The number of guanidine groups is 1. The molecule has 24 heavy (non-hydrogen) atoms. The number of amides is 1. The number of nitriles is 1. The van der Waals surface area contributed by atoms with Gasteiger partial charge < -0.3 is 11.5 Å². The normalized spacial score (nSPS) is 13.5. The van der Waals surface area contributed by atoms with Crippen molar-refractivity contribution in [3.63, 3.8) is 0 Å². The molecule has 1 aliphatic heterocycles. The highest BCUT2D eigenvalue weighted by atomic mass is 32.2. The maximum atomic E-state index is 11.7. The van der Waals surface area contributed by atoms with Crippen LogP contribution in [-0.4, -0.2) is 42.6 Å². The molecule has 0 bridgehead atoms. The Balaban J connectivity index is 0.000000505. The van der Waals surface area contributed by atoms with E-state index in [1.54, 1.807) is 30.0 Å². The average molecular weight is 368 g/mol. The summed E-state index contributed by atoms with van der Waals surface area (Å²) in [5, 5.41) is 9.05. The van der Waals surface area contributed by atoms with Crippen molar-refractivity contribution < 1.29 is 17.8 Å². The number of benzene rings is 1. The molecule has 10 heteroatoms. The van der Waals surface area contributed by atoms with Crippen molar-refractivity contribution >= 4 is 39.3 Å². The highest BCUT2D eigenvalue weighted by molar-refractivity contribution is 8.00. The third-order valence-corrected chi connectivity index (χ3v) is 3.67. The summed E-state index contributed by atoms with van der Waals surface area (Å²) < 4.78 is 25.9. The van der Waals surface area contributed by atoms with E-state index >= 15 is 0 Å². The fourth-order valence-electron chi connectivity index (χ4n) is 1.81. The maximum absolute atomic E-state index is 11.7. The van der Waals surface area contributed by atoms with Gasteiger partial charge in [-0.3, -0.25) is 9.35 Å². The fraction of sp³-hybridized carbons (Fsp3) is 0.214. The topological polar surface area (TPSA) is 160 Å². The van der Waals surface area contributed by atoms with Crippen molar-refractivity contribution in [1.29, 1.82) is 5.26 Å². The molecule has 0 radical (unpaired) electrons. The Morgan fingerprint density at radius 2 is 2.00 bits per heavy atom. The summed E-state index contributed by atoms with van der Waals surface area (Å²) in [5.41, 5.74) is 13.4. The van der Waals surface area contributed by atoms with Crippen molar-refractivity contribution in [2.45, 2.75) is 0 Å². The number of thioether (sulfide) groups is 1. The molecule has 1 amide bonds. The van der Waals surface area contributed by atoms with Gasteiger partial charge in [0, 0.05) is 22.6 Å². The minimum atomic E-state index is -3.67. The Bertz CT molecular complexity index is 827. The van der Waals surface area contributed by atoms with E-state index in [1.807, 2.05) is 6.07 Å². The first-order valence-electron chi connectivity index (χ1n) is 6.48. The summed E-state index contributed by atoms with van der Waals surface area (Å²) in [6.45, 7) is 0. The number of nitrogens with two attached hydrogens (primary N) is 2. The van der Waals surface area contributed by atoms with Crippen LogP contribution in [0.4, 0.5) is 0 Å². The largest absolute Gasteiger partial charge is 0.370 e. The van der Waals surface area contributed by atoms with Crippen LogP contribution in [-0.2, 0) is 10.1 Å². The molecule has 0 aromatic heterocycles. The van der Waals surface area contributed by atoms with Gasteiger partial charge in [-0.05, 0) is 23.3 Å². The zero-order valence-electron chi connectivity index (χ0n) is 12.8. The maximum Gasteiger partial charge on any atom is 0.280 e. The van der Waals surface area contributed by atoms with E-state index in [0.717, 1.165) is 28.2 Å². The molecule has 1 heterocycles. The van der Waals surface area contributed by atoms with Gasteiger partial charge in [-0.15, -0.1) is 0 Å². The molecule has 0 unspecified atom stereocenters. The van der Waals surface area contributed by atoms with E-state index in [-0.39, 0.29) is 5.96 Å². The minimum Gasteiger partial charge on any atom is -0.370 e. The molecule has 1 aliphatic rings. The third-order valence-electron chi connectivity index (χ3n) is 2.68. The third kappa shape index (κ3) is 6.82. The van der Waals surface area contributed by atoms with Crippen molar-refractivity contribution in [3.8, 4) is 6.07 Å². The van der Waals surface area contributed by atoms with Crippen molar-refractivity contribution in [2.75, 3.05) is 17.8 Å². The zero-order chi connectivity index (χ0) is 18.3. The van der Waals surface area contributed by atoms with E-state index < -0.39 is 16.0 Å². The predicted molar refractivity (Wildman–Crippen MR) is 93.9 cm³/mol. The second kappa shape index (κ2) is 8.49. The Labute approximate surface area is 144 Å². The number of hydrogen-bond acceptors (Lipinski definition) is 5. The molecule has 0 fully saturated rings. The van der Waals surface area contributed by atoms with Gasteiger partial charge in [0.15, 0.2) is 5.96 Å². The SMILES string of the molecule is CS(=O)(=O)O.N#CC1=C(c2cccc(C(=O)N=C(N)N)c2)CSC1. The van der Waals surface area contributed by atoms with E-state index in [9.17, 15) is 13.2 Å². The second-order valence-electron chi connectivity index (χ2n) is 4.72. The van der Waals surface area contributed by atoms with Gasteiger partial charge in [0.25, 0.3) is 16.0 Å². The van der Waals surface area contributed by atoms with Crippen molar-refractivity contribution in [1.82, 2.24) is 0 Å². The van der Waals surface area contributed by atoms with Crippen LogP contribution in [0.15, 0.2) is 34.8 Å². The Kier molecular flexibility index (Phi) is 6.97. The molecule has 0 spiro atoms. The Morgan fingerprint density at radius 1 is 1.38 bits per heavy atom. The van der Waals surface area contributed by atoms with Crippen LogP contribution in [0.2, 0.25) is 0 Å². The molecule has 128 valence electrons. The molecule has 0 aliphatic carbocycles. The fourth-order valence-corrected chi connectivity index (χ4v) is 2.90. The molecular formula is C14H16N4O4S2. The van der Waals surface area contributed by atoms with Gasteiger partial charge >= 0.3 is 0 Å². The summed E-state index contributed by atoms with van der Waals surface area (Å²) in [5.74, 6) is 0.760. The molecule has 8 nitrogen and oxygen atoms in total. The van der Waals surface area contributed by atoms with Crippen molar-refractivity contribution in [2.24, 2.45) is 16.5 Å². The van der Waals surface area contributed by atoms with Gasteiger partial charge in [0.2, 0.25) is 0 Å². The van der Waals surface area contributed by atoms with Gasteiger partial charge in [0.1, 0.15) is 0 Å². The molecule has 0 saturated carbocycles. The summed E-state index contributed by atoms with van der Waals surface area (Å²) in [6, 6.07) is 9.20. The predicted octanol–water partition coefficient (Wildman–Crippen LogP) is 0.628. The molecular weight excluding hydrogens is 352 g/mol. The van der Waals surface area contributed by atoms with Gasteiger partial charge in [-0.2, -0.15) is 30.4 Å². The first-order valence-corrected chi connectivity index (χ1v) is 9.49. The number of hydrogen-bond donors (Lipinski definition) is 3. The number of aliphatic imine (C=N–C) groups is 1. The highest BCUT2D eigenvalue weighted by Gasteiger charge is 2.17. The lowest BCUT2D eigenvalue weighted by atomic mass is 10.0. The highest BCUT2D eigenvalue weighted by Crippen LogP contribution is 2.32. The first-order chi connectivity index (χ1) is 11.1. The monoisotopic (exact) mass is 368 g/mol. The second-order valence-corrected chi connectivity index (χ2v) is 7.17. The number of nitrogens with zero attached hydrogens (tertiary/aromatic N) is 2. The summed E-state index contributed by atoms with van der Waals surface area (Å²) in [4.78, 5) is 15.2. The minimum absolute atomic E-state index is 0.260. The lowest BCUT2D eigenvalue weighted by Gasteiger charge is -2.04. The Morgan fingerprint density at radius 3 is 2.54 bits per heavy atom. The van der Waals surface area contributed by atoms with E-state index in [0.29, 0.717) is 11.8 Å². The van der Waals surface area contributed by atoms with Gasteiger partial charge in [-0.25, -0.2) is 0 Å². The zero-order valence-corrected chi connectivity index (χ0v) is 14.4. The van der Waals surface area contributed by atoms with Crippen LogP contribution in [0.1, 0.15) is 15.9 Å². The molecule has 0 saturated heterocycles. The quantitative estimate of drug-likeness (QED) is 0.389. The first kappa shape index (κ1) is 19.7. The van der Waals surface area contributed by atoms with Crippen LogP contribution >= 0.6 is 11.8 Å². The number of carbonyl (C=O) groups is 1. The van der Waals surface area contributed by atoms with Crippen LogP contribution in [0.3, 0.4) is 0 Å². The number of carbonyl (C=O) groups excluding carboxylic acids is 1. The number of rotatable bonds is 2. The van der Waals surface area contributed by atoms with Gasteiger partial charge in [-0.1, -0.05) is 12.1 Å². The van der Waals surface area contributed by atoms with Crippen LogP contribution in [0.5, 0.6) is 0 Å². The van der Waals surface area contributed by atoms with E-state index in [2.05, 4.69) is 11.1 Å². The standard InChI is InChI=1S/C13H12N4OS.CH4O3S/c14-5-10-6-19-7-11(10)8-2-1-3-9(4-8)12(18)17-13(15)16;1-5(2,3)4/h1-4H,6-7H2,(H4,15,16,17,18);1H3,(H,2,3,4). The van der Waals surface area contributed by atoms with E-state index in [1.165, 1.54) is 0 Å². The molecule has 5 N–H and O–H groups in total. The van der Waals surface area contributed by atoms with Crippen LogP contribution in [0.25, 0.3) is 5.57 Å². The summed E-state index contributed by atoms with van der Waals surface area (Å²) in [6.07, 6.45) is 0.715. The van der Waals surface area contributed by atoms with E-state index in [4.69, 9.17) is 21.3 Å². The Hall–Kier alpha value is -2.35. The molecule has 1 aromatic carbocycles. The van der Waals surface area contributed by atoms with Crippen LogP contribution in [0, 0.1) is 11.3 Å². The average Bonchev–Trinajstić information content (AvgIpc) is 2.93. The molecule has 1 aromatic rings.